The highest BCUT2D eigenvalue weighted by atomic mass is 35.5. The number of halogens is 2. The van der Waals surface area contributed by atoms with Crippen LogP contribution in [0, 0.1) is 0 Å². The van der Waals surface area contributed by atoms with Crippen LogP contribution in [0.15, 0.2) is 73.2 Å². The molecule has 3 nitrogen and oxygen atoms in total. The largest absolute Gasteiger partial charge is 0.336 e. The average molecular weight is 422 g/mol. The van der Waals surface area contributed by atoms with Gasteiger partial charge in [-0.1, -0.05) is 41.4 Å². The van der Waals surface area contributed by atoms with Gasteiger partial charge in [0.1, 0.15) is 0 Å². The van der Waals surface area contributed by atoms with Crippen LogP contribution in [0.1, 0.15) is 33.9 Å². The number of hydrogen-bond donors (Lipinski definition) is 0. The Morgan fingerprint density at radius 3 is 2.76 bits per heavy atom. The number of benzene rings is 2. The van der Waals surface area contributed by atoms with Crippen molar-refractivity contribution in [1.82, 2.24) is 4.57 Å². The SMILES string of the molecule is O=C1c2cc(Cl)ccc2CCC1n1ccc2c[n+](Cc3cccc(Cl)c3)ccc21. The molecule has 4 aromatic rings. The molecule has 5 rings (SSSR count). The number of hydrogen-bond acceptors (Lipinski definition) is 1. The van der Waals surface area contributed by atoms with Crippen molar-refractivity contribution in [3.8, 4) is 0 Å². The van der Waals surface area contributed by atoms with Crippen molar-refractivity contribution in [2.45, 2.75) is 25.4 Å². The number of carbonyl (C=O) groups is 1. The zero-order valence-corrected chi connectivity index (χ0v) is 17.2. The van der Waals surface area contributed by atoms with E-state index >= 15 is 0 Å². The lowest BCUT2D eigenvalue weighted by Gasteiger charge is -2.25. The molecule has 144 valence electrons. The summed E-state index contributed by atoms with van der Waals surface area (Å²) in [4.78, 5) is 13.2. The first-order valence-corrected chi connectivity index (χ1v) is 10.4. The van der Waals surface area contributed by atoms with E-state index < -0.39 is 0 Å². The second-order valence-electron chi connectivity index (χ2n) is 7.53. The van der Waals surface area contributed by atoms with E-state index in [4.69, 9.17) is 23.2 Å². The van der Waals surface area contributed by atoms with Crippen molar-refractivity contribution in [2.75, 3.05) is 0 Å². The highest BCUT2D eigenvalue weighted by Gasteiger charge is 2.29. The molecule has 0 spiro atoms. The average Bonchev–Trinajstić information content (AvgIpc) is 3.12. The van der Waals surface area contributed by atoms with E-state index in [1.165, 1.54) is 0 Å². The highest BCUT2D eigenvalue weighted by molar-refractivity contribution is 6.31. The van der Waals surface area contributed by atoms with Crippen molar-refractivity contribution in [1.29, 1.82) is 0 Å². The predicted molar refractivity (Wildman–Crippen MR) is 116 cm³/mol. The topological polar surface area (TPSA) is 25.9 Å². The molecule has 5 heteroatoms. The van der Waals surface area contributed by atoms with E-state index in [-0.39, 0.29) is 11.8 Å². The molecule has 2 heterocycles. The quantitative estimate of drug-likeness (QED) is 0.392. The minimum atomic E-state index is -0.192. The number of aryl methyl sites for hydroxylation is 1. The smallest absolute Gasteiger partial charge is 0.185 e. The first-order valence-electron chi connectivity index (χ1n) is 9.65. The second-order valence-corrected chi connectivity index (χ2v) is 8.40. The van der Waals surface area contributed by atoms with Gasteiger partial charge in [0, 0.05) is 33.4 Å². The molecule has 0 bridgehead atoms. The van der Waals surface area contributed by atoms with Crippen LogP contribution in [0.2, 0.25) is 10.0 Å². The zero-order valence-electron chi connectivity index (χ0n) is 15.7. The molecule has 0 amide bonds. The molecule has 0 aliphatic heterocycles. The maximum absolute atomic E-state index is 13.2. The summed E-state index contributed by atoms with van der Waals surface area (Å²) in [6.45, 7) is 0.746. The maximum atomic E-state index is 13.2. The Morgan fingerprint density at radius 2 is 1.90 bits per heavy atom. The van der Waals surface area contributed by atoms with Gasteiger partial charge >= 0.3 is 0 Å². The zero-order chi connectivity index (χ0) is 20.0. The standard InChI is InChI=1S/C24H19Cl2N2O/c25-19-3-1-2-16(12-19)14-27-10-9-22-18(15-27)8-11-28(22)23-7-5-17-4-6-20(26)13-21(17)24(23)29/h1-4,6,8-13,15,23H,5,7,14H2/q+1. The molecular formula is C24H19Cl2N2O+. The van der Waals surface area contributed by atoms with Gasteiger partial charge < -0.3 is 4.57 Å². The van der Waals surface area contributed by atoms with Crippen molar-refractivity contribution in [3.05, 3.63) is 99.9 Å². The van der Waals surface area contributed by atoms with Crippen LogP contribution >= 0.6 is 23.2 Å². The Kier molecular flexibility index (Phi) is 4.65. The minimum absolute atomic E-state index is 0.141. The Labute approximate surface area is 179 Å². The molecule has 0 saturated carbocycles. The fourth-order valence-electron chi connectivity index (χ4n) is 4.24. The minimum Gasteiger partial charge on any atom is -0.336 e. The van der Waals surface area contributed by atoms with Gasteiger partial charge in [-0.3, -0.25) is 4.79 Å². The van der Waals surface area contributed by atoms with Gasteiger partial charge in [-0.05, 0) is 48.7 Å². The number of pyridine rings is 1. The molecule has 0 radical (unpaired) electrons. The summed E-state index contributed by atoms with van der Waals surface area (Å²) in [5, 5.41) is 2.46. The van der Waals surface area contributed by atoms with Crippen LogP contribution < -0.4 is 4.57 Å². The fourth-order valence-corrected chi connectivity index (χ4v) is 4.62. The summed E-state index contributed by atoms with van der Waals surface area (Å²) in [5.74, 6) is 0.141. The third kappa shape index (κ3) is 3.45. The highest BCUT2D eigenvalue weighted by Crippen LogP contribution is 2.32. The summed E-state index contributed by atoms with van der Waals surface area (Å²) >= 11 is 12.2. The van der Waals surface area contributed by atoms with Crippen LogP contribution in [0.4, 0.5) is 0 Å². The van der Waals surface area contributed by atoms with Gasteiger partial charge in [0.15, 0.2) is 24.7 Å². The summed E-state index contributed by atoms with van der Waals surface area (Å²) in [5.41, 5.74) is 4.06. The number of ketones is 1. The molecule has 29 heavy (non-hydrogen) atoms. The number of nitrogens with zero attached hydrogens (tertiary/aromatic N) is 2. The molecular weight excluding hydrogens is 403 g/mol. The monoisotopic (exact) mass is 421 g/mol. The van der Waals surface area contributed by atoms with Crippen LogP contribution in [-0.4, -0.2) is 10.4 Å². The van der Waals surface area contributed by atoms with Crippen molar-refractivity contribution in [3.63, 3.8) is 0 Å². The first-order chi connectivity index (χ1) is 14.1. The third-order valence-electron chi connectivity index (χ3n) is 5.63. The number of rotatable bonds is 3. The number of carbonyl (C=O) groups excluding carboxylic acids is 1. The van der Waals surface area contributed by atoms with Gasteiger partial charge in [0.2, 0.25) is 0 Å². The van der Waals surface area contributed by atoms with Gasteiger partial charge in [-0.25, -0.2) is 4.57 Å². The molecule has 2 aromatic carbocycles. The molecule has 1 aliphatic carbocycles. The van der Waals surface area contributed by atoms with E-state index in [9.17, 15) is 4.79 Å². The summed E-state index contributed by atoms with van der Waals surface area (Å²) < 4.78 is 4.24. The van der Waals surface area contributed by atoms with Crippen molar-refractivity contribution < 1.29 is 9.36 Å². The molecule has 1 aliphatic rings. The van der Waals surface area contributed by atoms with Gasteiger partial charge in [-0.2, -0.15) is 0 Å². The summed E-state index contributed by atoms with van der Waals surface area (Å²) in [6.07, 6.45) is 7.87. The summed E-state index contributed by atoms with van der Waals surface area (Å²) in [7, 11) is 0. The molecule has 0 N–H and O–H groups in total. The molecule has 1 atom stereocenters. The Bertz CT molecular complexity index is 1240. The lowest BCUT2D eigenvalue weighted by molar-refractivity contribution is -0.687. The number of Topliss-reactive ketones (excluding diaryl/α,β-unsaturated/α-hetero) is 1. The lowest BCUT2D eigenvalue weighted by Crippen LogP contribution is -2.33. The van der Waals surface area contributed by atoms with Crippen LogP contribution in [0.25, 0.3) is 10.9 Å². The van der Waals surface area contributed by atoms with Crippen LogP contribution in [0.3, 0.4) is 0 Å². The van der Waals surface area contributed by atoms with E-state index in [2.05, 4.69) is 39.7 Å². The van der Waals surface area contributed by atoms with E-state index in [0.717, 1.165) is 52.0 Å². The normalized spacial score (nSPS) is 16.2. The van der Waals surface area contributed by atoms with E-state index in [1.807, 2.05) is 36.5 Å². The van der Waals surface area contributed by atoms with Crippen LogP contribution in [0.5, 0.6) is 0 Å². The summed E-state index contributed by atoms with van der Waals surface area (Å²) in [6, 6.07) is 17.5. The molecule has 0 saturated heterocycles. The predicted octanol–water partition coefficient (Wildman–Crippen LogP) is 5.65. The first kappa shape index (κ1) is 18.4. The third-order valence-corrected chi connectivity index (χ3v) is 6.10. The Balaban J connectivity index is 1.47. The van der Waals surface area contributed by atoms with E-state index in [1.54, 1.807) is 6.07 Å². The molecule has 0 fully saturated rings. The van der Waals surface area contributed by atoms with Gasteiger partial charge in [0.25, 0.3) is 0 Å². The Morgan fingerprint density at radius 1 is 1.03 bits per heavy atom. The fraction of sp³-hybridized carbons (Fsp3) is 0.167. The number of aromatic nitrogens is 2. The van der Waals surface area contributed by atoms with Gasteiger partial charge in [-0.15, -0.1) is 0 Å². The molecule has 1 unspecified atom stereocenters. The van der Waals surface area contributed by atoms with Crippen molar-refractivity contribution >= 4 is 39.9 Å². The lowest BCUT2D eigenvalue weighted by atomic mass is 9.87. The molecule has 2 aromatic heterocycles. The van der Waals surface area contributed by atoms with E-state index in [0.29, 0.717) is 5.02 Å². The van der Waals surface area contributed by atoms with Crippen molar-refractivity contribution in [2.24, 2.45) is 0 Å². The van der Waals surface area contributed by atoms with Gasteiger partial charge in [0.05, 0.1) is 16.9 Å². The Hall–Kier alpha value is -2.62. The van der Waals surface area contributed by atoms with Crippen LogP contribution in [-0.2, 0) is 13.0 Å². The number of fused-ring (bicyclic) bond motifs is 2. The second kappa shape index (κ2) is 7.33. The maximum Gasteiger partial charge on any atom is 0.185 e.